The van der Waals surface area contributed by atoms with Gasteiger partial charge in [0.05, 0.1) is 15.1 Å². The second kappa shape index (κ2) is 13.6. The quantitative estimate of drug-likeness (QED) is 0.159. The molecule has 9 nitrogen and oxygen atoms in total. The van der Waals surface area contributed by atoms with E-state index in [2.05, 4.69) is 10.6 Å². The third kappa shape index (κ3) is 8.68. The van der Waals surface area contributed by atoms with Gasteiger partial charge in [-0.05, 0) is 46.0 Å². The Morgan fingerprint density at radius 3 is 2.05 bits per heavy atom. The molecule has 1 aromatic rings. The fraction of sp³-hybridized carbons (Fsp3) is 0.583. The van der Waals surface area contributed by atoms with Gasteiger partial charge in [-0.1, -0.05) is 71.9 Å². The van der Waals surface area contributed by atoms with Crippen molar-refractivity contribution in [1.82, 2.24) is 15.5 Å². The van der Waals surface area contributed by atoms with Crippen LogP contribution < -0.4 is 15.4 Å². The van der Waals surface area contributed by atoms with Crippen molar-refractivity contribution in [1.29, 1.82) is 0 Å². The van der Waals surface area contributed by atoms with Crippen LogP contribution in [-0.2, 0) is 19.1 Å². The first-order valence-corrected chi connectivity index (χ1v) is 13.7. The Kier molecular flexibility index (Phi) is 11.7. The fourth-order valence-electron chi connectivity index (χ4n) is 3.66. The Bertz CT molecular complexity index is 1060. The average Bonchev–Trinajstić information content (AvgIpc) is 3.31. The lowest BCUT2D eigenvalue weighted by Crippen LogP contribution is -2.54. The van der Waals surface area contributed by atoms with Crippen LogP contribution in [0.3, 0.4) is 0 Å². The third-order valence-electron chi connectivity index (χ3n) is 5.32. The van der Waals surface area contributed by atoms with Crippen molar-refractivity contribution in [2.75, 3.05) is 13.1 Å². The largest absolute Gasteiger partial charge is 0.444 e. The Hall–Kier alpha value is -1.65. The summed E-state index contributed by atoms with van der Waals surface area (Å²) in [5.74, 6) is -2.30. The maximum atomic E-state index is 13.1. The predicted octanol–water partition coefficient (Wildman–Crippen LogP) is 5.91. The minimum Gasteiger partial charge on any atom is -0.444 e. The van der Waals surface area contributed by atoms with Crippen LogP contribution in [0.1, 0.15) is 53.9 Å². The number of likely N-dealkylation sites (tertiary alicyclic amines) is 1. The zero-order chi connectivity index (χ0) is 28.9. The standard InChI is InChI=1S/C24H30Cl5N3O6/c1-11(2)9-12(31-22(35)13-7-6-8-32(13)23(36)38-24(3,4)5)21(34)30-10-14(33)37-20-18(28)16(26)15(25)17(27)19(20)29/h11-13H,6-10H2,1-5H3,(H,30,34)(H,31,35)/t12-,13-/m0/s1. The van der Waals surface area contributed by atoms with Gasteiger partial charge in [-0.25, -0.2) is 9.59 Å². The van der Waals surface area contributed by atoms with Crippen LogP contribution in [0, 0.1) is 5.92 Å². The summed E-state index contributed by atoms with van der Waals surface area (Å²) in [5.41, 5.74) is -0.716. The van der Waals surface area contributed by atoms with Crippen LogP contribution in [0.5, 0.6) is 5.75 Å². The van der Waals surface area contributed by atoms with E-state index < -0.39 is 48.1 Å². The third-order valence-corrected chi connectivity index (χ3v) is 7.56. The highest BCUT2D eigenvalue weighted by molar-refractivity contribution is 6.55. The number of nitrogens with zero attached hydrogens (tertiary/aromatic N) is 1. The lowest BCUT2D eigenvalue weighted by molar-refractivity contribution is -0.136. The molecule has 0 aliphatic carbocycles. The van der Waals surface area contributed by atoms with Gasteiger partial charge in [-0.3, -0.25) is 14.5 Å². The molecule has 1 heterocycles. The molecule has 0 bridgehead atoms. The van der Waals surface area contributed by atoms with Crippen LogP contribution in [0.25, 0.3) is 0 Å². The summed E-state index contributed by atoms with van der Waals surface area (Å²) in [6.07, 6.45) is 0.739. The van der Waals surface area contributed by atoms with E-state index >= 15 is 0 Å². The van der Waals surface area contributed by atoms with Crippen molar-refractivity contribution < 1.29 is 28.7 Å². The summed E-state index contributed by atoms with van der Waals surface area (Å²) in [5, 5.41) is 4.30. The Morgan fingerprint density at radius 1 is 0.974 bits per heavy atom. The first kappa shape index (κ1) is 32.6. The van der Waals surface area contributed by atoms with Gasteiger partial charge >= 0.3 is 12.1 Å². The molecule has 2 N–H and O–H groups in total. The second-order valence-electron chi connectivity index (χ2n) is 10.1. The number of rotatable bonds is 8. The normalized spacial score (nSPS) is 16.3. The van der Waals surface area contributed by atoms with Gasteiger partial charge in [0, 0.05) is 6.54 Å². The molecule has 2 rings (SSSR count). The molecule has 0 unspecified atom stereocenters. The van der Waals surface area contributed by atoms with Crippen molar-refractivity contribution >= 4 is 81.9 Å². The fourth-order valence-corrected chi connectivity index (χ4v) is 4.85. The zero-order valence-corrected chi connectivity index (χ0v) is 25.3. The maximum absolute atomic E-state index is 13.1. The van der Waals surface area contributed by atoms with E-state index in [1.54, 1.807) is 20.8 Å². The number of halogens is 5. The number of carbonyl (C=O) groups excluding carboxylic acids is 4. The molecule has 2 atom stereocenters. The number of amides is 3. The highest BCUT2D eigenvalue weighted by Crippen LogP contribution is 2.48. The molecule has 0 radical (unpaired) electrons. The first-order chi connectivity index (χ1) is 17.5. The number of hydrogen-bond acceptors (Lipinski definition) is 6. The number of benzene rings is 1. The summed E-state index contributed by atoms with van der Waals surface area (Å²) in [6, 6.07) is -1.75. The SMILES string of the molecule is CC(C)C[C@H](NC(=O)[C@@H]1CCCN1C(=O)OC(C)(C)C)C(=O)NCC(=O)Oc1c(Cl)c(Cl)c(Cl)c(Cl)c1Cl. The van der Waals surface area contributed by atoms with E-state index in [1.165, 1.54) is 4.90 Å². The predicted molar refractivity (Wildman–Crippen MR) is 147 cm³/mol. The van der Waals surface area contributed by atoms with E-state index in [4.69, 9.17) is 67.5 Å². The van der Waals surface area contributed by atoms with Gasteiger partial charge in [0.15, 0.2) is 5.75 Å². The van der Waals surface area contributed by atoms with Crippen molar-refractivity contribution in [2.45, 2.75) is 71.6 Å². The Morgan fingerprint density at radius 2 is 1.53 bits per heavy atom. The minimum atomic E-state index is -0.969. The number of hydrogen-bond donors (Lipinski definition) is 2. The van der Waals surface area contributed by atoms with Crippen molar-refractivity contribution in [2.24, 2.45) is 5.92 Å². The van der Waals surface area contributed by atoms with Crippen LogP contribution >= 0.6 is 58.0 Å². The highest BCUT2D eigenvalue weighted by atomic mass is 35.5. The van der Waals surface area contributed by atoms with Crippen molar-refractivity contribution in [3.8, 4) is 5.75 Å². The second-order valence-corrected chi connectivity index (χ2v) is 12.0. The molecule has 1 aromatic carbocycles. The van der Waals surface area contributed by atoms with Crippen molar-refractivity contribution in [3.63, 3.8) is 0 Å². The molecule has 0 saturated carbocycles. The molecular formula is C24H30Cl5N3O6. The number of nitrogens with one attached hydrogen (secondary N) is 2. The van der Waals surface area contributed by atoms with Crippen LogP contribution in [-0.4, -0.2) is 59.6 Å². The van der Waals surface area contributed by atoms with Crippen LogP contribution in [0.4, 0.5) is 4.79 Å². The van der Waals surface area contributed by atoms with Gasteiger partial charge in [0.2, 0.25) is 11.8 Å². The maximum Gasteiger partial charge on any atom is 0.410 e. The van der Waals surface area contributed by atoms with E-state index in [9.17, 15) is 19.2 Å². The number of ether oxygens (including phenoxy) is 2. The smallest absolute Gasteiger partial charge is 0.410 e. The topological polar surface area (TPSA) is 114 Å². The monoisotopic (exact) mass is 631 g/mol. The zero-order valence-electron chi connectivity index (χ0n) is 21.6. The lowest BCUT2D eigenvalue weighted by atomic mass is 10.0. The molecular weight excluding hydrogens is 604 g/mol. The Labute approximate surface area is 246 Å². The van der Waals surface area contributed by atoms with Gasteiger partial charge in [0.1, 0.15) is 34.3 Å². The molecule has 1 saturated heterocycles. The van der Waals surface area contributed by atoms with Crippen LogP contribution in [0.2, 0.25) is 25.1 Å². The highest BCUT2D eigenvalue weighted by Gasteiger charge is 2.38. The summed E-state index contributed by atoms with van der Waals surface area (Å²) < 4.78 is 10.6. The van der Waals surface area contributed by atoms with Gasteiger partial charge in [-0.2, -0.15) is 0 Å². The summed E-state index contributed by atoms with van der Waals surface area (Å²) in [6.45, 7) is 8.76. The number of carbonyl (C=O) groups is 4. The van der Waals surface area contributed by atoms with E-state index in [1.807, 2.05) is 13.8 Å². The lowest BCUT2D eigenvalue weighted by Gasteiger charge is -2.29. The molecule has 1 fully saturated rings. The van der Waals surface area contributed by atoms with Gasteiger partial charge < -0.3 is 20.1 Å². The van der Waals surface area contributed by atoms with Gasteiger partial charge in [-0.15, -0.1) is 0 Å². The molecule has 1 aliphatic heterocycles. The molecule has 0 spiro atoms. The summed E-state index contributed by atoms with van der Waals surface area (Å²) in [7, 11) is 0. The minimum absolute atomic E-state index is 0.0273. The first-order valence-electron chi connectivity index (χ1n) is 11.8. The number of esters is 1. The van der Waals surface area contributed by atoms with Gasteiger partial charge in [0.25, 0.3) is 0 Å². The van der Waals surface area contributed by atoms with E-state index in [-0.39, 0.29) is 43.2 Å². The molecule has 0 aromatic heterocycles. The molecule has 3 amide bonds. The molecule has 212 valence electrons. The molecule has 1 aliphatic rings. The van der Waals surface area contributed by atoms with E-state index in [0.717, 1.165) is 0 Å². The molecule has 38 heavy (non-hydrogen) atoms. The molecule has 14 heteroatoms. The van der Waals surface area contributed by atoms with Crippen molar-refractivity contribution in [3.05, 3.63) is 25.1 Å². The van der Waals surface area contributed by atoms with E-state index in [0.29, 0.717) is 19.4 Å². The summed E-state index contributed by atoms with van der Waals surface area (Å²) in [4.78, 5) is 52.3. The van der Waals surface area contributed by atoms with Crippen LogP contribution in [0.15, 0.2) is 0 Å². The summed E-state index contributed by atoms with van der Waals surface area (Å²) >= 11 is 30.0. The Balaban J connectivity index is 2.06. The average molecular weight is 634 g/mol.